The summed E-state index contributed by atoms with van der Waals surface area (Å²) in [4.78, 5) is 0. The molecular formula is C15H25N3O. The highest BCUT2D eigenvalue weighted by atomic mass is 16.4. The lowest BCUT2D eigenvalue weighted by Gasteiger charge is -2.19. The molecule has 0 spiro atoms. The first-order valence-electron chi connectivity index (χ1n) is 7.82. The number of nitrogens with zero attached hydrogens (tertiary/aromatic N) is 2. The van der Waals surface area contributed by atoms with E-state index in [1.165, 1.54) is 25.7 Å². The molecule has 2 bridgehead atoms. The zero-order valence-electron chi connectivity index (χ0n) is 12.1. The lowest BCUT2D eigenvalue weighted by Crippen LogP contribution is -2.19. The Morgan fingerprint density at radius 1 is 1.32 bits per heavy atom. The monoisotopic (exact) mass is 263 g/mol. The van der Waals surface area contributed by atoms with E-state index in [0.717, 1.165) is 48.9 Å². The third-order valence-electron chi connectivity index (χ3n) is 4.87. The van der Waals surface area contributed by atoms with Crippen molar-refractivity contribution in [3.05, 3.63) is 11.8 Å². The van der Waals surface area contributed by atoms with E-state index in [4.69, 9.17) is 4.42 Å². The Bertz CT molecular complexity index is 417. The summed E-state index contributed by atoms with van der Waals surface area (Å²) in [7, 11) is 0. The van der Waals surface area contributed by atoms with Crippen LogP contribution in [0.1, 0.15) is 63.8 Å². The van der Waals surface area contributed by atoms with Gasteiger partial charge in [-0.3, -0.25) is 0 Å². The second-order valence-electron chi connectivity index (χ2n) is 6.35. The molecule has 19 heavy (non-hydrogen) atoms. The Morgan fingerprint density at radius 3 is 2.89 bits per heavy atom. The molecule has 4 nitrogen and oxygen atoms in total. The summed E-state index contributed by atoms with van der Waals surface area (Å²) in [6, 6.07) is 0.168. The highest BCUT2D eigenvalue weighted by Gasteiger charge is 2.40. The van der Waals surface area contributed by atoms with Gasteiger partial charge in [0.05, 0.1) is 6.04 Å². The topological polar surface area (TPSA) is 51.0 Å². The lowest BCUT2D eigenvalue weighted by molar-refractivity contribution is 0.299. The molecule has 0 aromatic carbocycles. The van der Waals surface area contributed by atoms with Crippen molar-refractivity contribution in [2.75, 3.05) is 6.54 Å². The molecule has 4 heteroatoms. The van der Waals surface area contributed by atoms with Gasteiger partial charge < -0.3 is 9.73 Å². The van der Waals surface area contributed by atoms with E-state index in [2.05, 4.69) is 29.4 Å². The second kappa shape index (κ2) is 5.61. The van der Waals surface area contributed by atoms with Crippen LogP contribution in [-0.4, -0.2) is 16.7 Å². The van der Waals surface area contributed by atoms with Gasteiger partial charge in [-0.1, -0.05) is 13.3 Å². The van der Waals surface area contributed by atoms with Crippen LogP contribution in [0.3, 0.4) is 0 Å². The molecule has 0 aliphatic heterocycles. The normalized spacial score (nSPS) is 30.9. The number of hydrogen-bond acceptors (Lipinski definition) is 4. The quantitative estimate of drug-likeness (QED) is 0.856. The van der Waals surface area contributed by atoms with Gasteiger partial charge in [-0.2, -0.15) is 0 Å². The van der Waals surface area contributed by atoms with Gasteiger partial charge >= 0.3 is 0 Å². The molecule has 2 aliphatic rings. The Balaban J connectivity index is 1.56. The number of hydrogen-bond donors (Lipinski definition) is 1. The molecule has 2 fully saturated rings. The fraction of sp³-hybridized carbons (Fsp3) is 0.867. The van der Waals surface area contributed by atoms with E-state index in [-0.39, 0.29) is 6.04 Å². The molecule has 106 valence electrons. The summed E-state index contributed by atoms with van der Waals surface area (Å²) in [6.45, 7) is 5.24. The van der Waals surface area contributed by atoms with Crippen molar-refractivity contribution in [2.45, 2.75) is 58.4 Å². The van der Waals surface area contributed by atoms with Crippen molar-refractivity contribution in [3.8, 4) is 0 Å². The maximum absolute atomic E-state index is 5.83. The zero-order valence-corrected chi connectivity index (χ0v) is 12.1. The highest BCUT2D eigenvalue weighted by molar-refractivity contribution is 4.95. The molecular weight excluding hydrogens is 238 g/mol. The standard InChI is InChI=1S/C15H25N3O/c1-3-6-16-10(2)15-18-17-14(19-15)9-13-8-11-4-5-12(13)7-11/h10-13,16H,3-9H2,1-2H3. The lowest BCUT2D eigenvalue weighted by atomic mass is 9.86. The number of nitrogens with one attached hydrogen (secondary N) is 1. The first-order valence-corrected chi connectivity index (χ1v) is 7.82. The second-order valence-corrected chi connectivity index (χ2v) is 6.35. The summed E-state index contributed by atoms with van der Waals surface area (Å²) >= 11 is 0. The molecule has 0 amide bonds. The molecule has 0 saturated heterocycles. The predicted octanol–water partition coefficient (Wildman–Crippen LogP) is 3.11. The van der Waals surface area contributed by atoms with Gasteiger partial charge in [0.15, 0.2) is 0 Å². The molecule has 3 rings (SSSR count). The minimum atomic E-state index is 0.168. The maximum atomic E-state index is 5.83. The molecule has 0 radical (unpaired) electrons. The first kappa shape index (κ1) is 13.1. The van der Waals surface area contributed by atoms with Gasteiger partial charge in [0.2, 0.25) is 11.8 Å². The molecule has 1 aromatic rings. The van der Waals surface area contributed by atoms with Gasteiger partial charge in [-0.25, -0.2) is 0 Å². The van der Waals surface area contributed by atoms with Crippen molar-refractivity contribution >= 4 is 0 Å². The summed E-state index contributed by atoms with van der Waals surface area (Å²) in [6.07, 6.45) is 7.82. The van der Waals surface area contributed by atoms with Crippen molar-refractivity contribution in [2.24, 2.45) is 17.8 Å². The molecule has 1 N–H and O–H groups in total. The van der Waals surface area contributed by atoms with Gasteiger partial charge in [-0.15, -0.1) is 10.2 Å². The Labute approximate surface area is 115 Å². The zero-order chi connectivity index (χ0) is 13.2. The van der Waals surface area contributed by atoms with Crippen LogP contribution in [0.4, 0.5) is 0 Å². The van der Waals surface area contributed by atoms with Crippen molar-refractivity contribution < 1.29 is 4.42 Å². The minimum Gasteiger partial charge on any atom is -0.424 e. The SMILES string of the molecule is CCCNC(C)c1nnc(CC2CC3CCC2C3)o1. The van der Waals surface area contributed by atoms with Gasteiger partial charge in [0, 0.05) is 6.42 Å². The van der Waals surface area contributed by atoms with E-state index in [1.807, 2.05) is 0 Å². The molecule has 2 aliphatic carbocycles. The van der Waals surface area contributed by atoms with Crippen LogP contribution in [0, 0.1) is 17.8 Å². The predicted molar refractivity (Wildman–Crippen MR) is 73.6 cm³/mol. The molecule has 2 saturated carbocycles. The third-order valence-corrected chi connectivity index (χ3v) is 4.87. The average Bonchev–Trinajstić information content (AvgIpc) is 3.11. The Kier molecular flexibility index (Phi) is 3.87. The largest absolute Gasteiger partial charge is 0.424 e. The third kappa shape index (κ3) is 2.83. The summed E-state index contributed by atoms with van der Waals surface area (Å²) in [5.41, 5.74) is 0. The molecule has 1 aromatic heterocycles. The van der Waals surface area contributed by atoms with Gasteiger partial charge in [-0.05, 0) is 56.9 Å². The Hall–Kier alpha value is -0.900. The van der Waals surface area contributed by atoms with Crippen molar-refractivity contribution in [1.82, 2.24) is 15.5 Å². The van der Waals surface area contributed by atoms with Crippen LogP contribution in [0.25, 0.3) is 0 Å². The van der Waals surface area contributed by atoms with Crippen LogP contribution in [-0.2, 0) is 6.42 Å². The summed E-state index contributed by atoms with van der Waals surface area (Å²) in [5.74, 6) is 4.30. The van der Waals surface area contributed by atoms with Crippen LogP contribution >= 0.6 is 0 Å². The van der Waals surface area contributed by atoms with E-state index < -0.39 is 0 Å². The Morgan fingerprint density at radius 2 is 2.21 bits per heavy atom. The summed E-state index contributed by atoms with van der Waals surface area (Å²) in [5, 5.41) is 11.8. The van der Waals surface area contributed by atoms with Crippen LogP contribution in [0.2, 0.25) is 0 Å². The molecule has 4 unspecified atom stereocenters. The van der Waals surface area contributed by atoms with Gasteiger partial charge in [0.25, 0.3) is 0 Å². The summed E-state index contributed by atoms with van der Waals surface area (Å²) < 4.78 is 5.83. The fourth-order valence-corrected chi connectivity index (χ4v) is 3.82. The van der Waals surface area contributed by atoms with Crippen molar-refractivity contribution in [3.63, 3.8) is 0 Å². The number of aromatic nitrogens is 2. The minimum absolute atomic E-state index is 0.168. The van der Waals surface area contributed by atoms with E-state index in [1.54, 1.807) is 0 Å². The van der Waals surface area contributed by atoms with Crippen molar-refractivity contribution in [1.29, 1.82) is 0 Å². The van der Waals surface area contributed by atoms with Crippen LogP contribution in [0.15, 0.2) is 4.42 Å². The smallest absolute Gasteiger partial charge is 0.233 e. The average molecular weight is 263 g/mol. The highest BCUT2D eigenvalue weighted by Crippen LogP contribution is 2.49. The number of fused-ring (bicyclic) bond motifs is 2. The van der Waals surface area contributed by atoms with Crippen LogP contribution in [0.5, 0.6) is 0 Å². The van der Waals surface area contributed by atoms with E-state index in [0.29, 0.717) is 0 Å². The fourth-order valence-electron chi connectivity index (χ4n) is 3.82. The molecule has 1 heterocycles. The van der Waals surface area contributed by atoms with Gasteiger partial charge in [0.1, 0.15) is 0 Å². The van der Waals surface area contributed by atoms with Crippen LogP contribution < -0.4 is 5.32 Å². The van der Waals surface area contributed by atoms with E-state index >= 15 is 0 Å². The van der Waals surface area contributed by atoms with E-state index in [9.17, 15) is 0 Å². The number of rotatable bonds is 6. The molecule has 4 atom stereocenters. The first-order chi connectivity index (χ1) is 9.26. The maximum Gasteiger partial charge on any atom is 0.233 e.